The minimum absolute atomic E-state index is 0.166. The van der Waals surface area contributed by atoms with Crippen molar-refractivity contribution in [2.45, 2.75) is 39.3 Å². The number of nitrogens with one attached hydrogen (secondary N) is 2. The monoisotopic (exact) mass is 276 g/mol. The van der Waals surface area contributed by atoms with Gasteiger partial charge in [-0.05, 0) is 57.5 Å². The molecule has 2 rings (SSSR count). The molecule has 1 amide bonds. The van der Waals surface area contributed by atoms with Crippen molar-refractivity contribution in [2.24, 2.45) is 5.92 Å². The molecule has 1 heterocycles. The number of carbonyl (C=O) groups excluding carboxylic acids is 1. The normalized spacial score (nSPS) is 16.1. The highest BCUT2D eigenvalue weighted by atomic mass is 16.5. The number of amides is 1. The predicted molar refractivity (Wildman–Crippen MR) is 79.6 cm³/mol. The quantitative estimate of drug-likeness (QED) is 0.866. The zero-order valence-electron chi connectivity index (χ0n) is 12.3. The van der Waals surface area contributed by atoms with Gasteiger partial charge in [-0.2, -0.15) is 0 Å². The van der Waals surface area contributed by atoms with Crippen LogP contribution in [0.1, 0.15) is 32.3 Å². The molecule has 4 nitrogen and oxygen atoms in total. The van der Waals surface area contributed by atoms with Crippen molar-refractivity contribution in [3.63, 3.8) is 0 Å². The summed E-state index contributed by atoms with van der Waals surface area (Å²) in [5.41, 5.74) is 1.10. The van der Waals surface area contributed by atoms with Gasteiger partial charge < -0.3 is 15.4 Å². The van der Waals surface area contributed by atoms with E-state index in [9.17, 15) is 4.79 Å². The van der Waals surface area contributed by atoms with E-state index in [0.29, 0.717) is 6.54 Å². The highest BCUT2D eigenvalue weighted by molar-refractivity contribution is 5.78. The van der Waals surface area contributed by atoms with E-state index in [4.69, 9.17) is 4.74 Å². The molecule has 0 aliphatic carbocycles. The average Bonchev–Trinajstić information content (AvgIpc) is 2.46. The van der Waals surface area contributed by atoms with Gasteiger partial charge in [-0.1, -0.05) is 12.1 Å². The van der Waals surface area contributed by atoms with Crippen LogP contribution in [0.3, 0.4) is 0 Å². The highest BCUT2D eigenvalue weighted by Gasteiger charge is 2.20. The molecule has 110 valence electrons. The van der Waals surface area contributed by atoms with Gasteiger partial charge in [0, 0.05) is 12.5 Å². The van der Waals surface area contributed by atoms with Crippen molar-refractivity contribution < 1.29 is 9.53 Å². The third kappa shape index (κ3) is 4.53. The Kier molecular flexibility index (Phi) is 5.41. The first-order chi connectivity index (χ1) is 9.65. The molecule has 1 aliphatic heterocycles. The lowest BCUT2D eigenvalue weighted by Gasteiger charge is -2.21. The summed E-state index contributed by atoms with van der Waals surface area (Å²) in [5, 5.41) is 6.29. The second-order valence-corrected chi connectivity index (χ2v) is 5.55. The van der Waals surface area contributed by atoms with Crippen LogP contribution in [0.15, 0.2) is 24.3 Å². The average molecular weight is 276 g/mol. The van der Waals surface area contributed by atoms with Crippen LogP contribution in [0.5, 0.6) is 5.75 Å². The third-order valence-electron chi connectivity index (χ3n) is 3.47. The van der Waals surface area contributed by atoms with E-state index in [2.05, 4.69) is 10.6 Å². The van der Waals surface area contributed by atoms with Crippen LogP contribution >= 0.6 is 0 Å². The summed E-state index contributed by atoms with van der Waals surface area (Å²) in [7, 11) is 0. The first kappa shape index (κ1) is 14.9. The topological polar surface area (TPSA) is 50.4 Å². The number of ether oxygens (including phenoxy) is 1. The van der Waals surface area contributed by atoms with Crippen molar-refractivity contribution in [2.75, 3.05) is 13.1 Å². The van der Waals surface area contributed by atoms with Gasteiger partial charge in [0.1, 0.15) is 5.75 Å². The second-order valence-electron chi connectivity index (χ2n) is 5.55. The summed E-state index contributed by atoms with van der Waals surface area (Å²) in [4.78, 5) is 12.0. The van der Waals surface area contributed by atoms with Crippen LogP contribution in [0.25, 0.3) is 0 Å². The van der Waals surface area contributed by atoms with E-state index >= 15 is 0 Å². The Morgan fingerprint density at radius 1 is 1.30 bits per heavy atom. The second kappa shape index (κ2) is 7.29. The molecule has 1 fully saturated rings. The van der Waals surface area contributed by atoms with Crippen LogP contribution < -0.4 is 15.4 Å². The molecule has 1 aromatic rings. The molecule has 1 aromatic carbocycles. The number of hydrogen-bond acceptors (Lipinski definition) is 3. The molecule has 0 aromatic heterocycles. The van der Waals surface area contributed by atoms with E-state index in [1.807, 2.05) is 38.1 Å². The SMILES string of the molecule is CC(C)Oc1ccc(CNC(=O)C2CCNCC2)cc1. The number of rotatable bonds is 5. The Hall–Kier alpha value is -1.55. The summed E-state index contributed by atoms with van der Waals surface area (Å²) >= 11 is 0. The fraction of sp³-hybridized carbons (Fsp3) is 0.562. The fourth-order valence-electron chi connectivity index (χ4n) is 2.38. The van der Waals surface area contributed by atoms with Crippen molar-refractivity contribution >= 4 is 5.91 Å². The zero-order chi connectivity index (χ0) is 14.4. The first-order valence-corrected chi connectivity index (χ1v) is 7.39. The van der Waals surface area contributed by atoms with Crippen molar-refractivity contribution in [3.05, 3.63) is 29.8 Å². The Morgan fingerprint density at radius 3 is 2.55 bits per heavy atom. The Bertz CT molecular complexity index is 423. The molecular weight excluding hydrogens is 252 g/mol. The van der Waals surface area contributed by atoms with Crippen LogP contribution in [0.4, 0.5) is 0 Å². The Morgan fingerprint density at radius 2 is 1.95 bits per heavy atom. The van der Waals surface area contributed by atoms with Crippen LogP contribution in [-0.2, 0) is 11.3 Å². The smallest absolute Gasteiger partial charge is 0.223 e. The van der Waals surface area contributed by atoms with Gasteiger partial charge >= 0.3 is 0 Å². The summed E-state index contributed by atoms with van der Waals surface area (Å²) in [6.45, 7) is 6.49. The summed E-state index contributed by atoms with van der Waals surface area (Å²) < 4.78 is 5.60. The lowest BCUT2D eigenvalue weighted by atomic mass is 9.97. The minimum atomic E-state index is 0.166. The van der Waals surface area contributed by atoms with Gasteiger partial charge in [-0.25, -0.2) is 0 Å². The molecule has 0 unspecified atom stereocenters. The maximum Gasteiger partial charge on any atom is 0.223 e. The third-order valence-corrected chi connectivity index (χ3v) is 3.47. The highest BCUT2D eigenvalue weighted by Crippen LogP contribution is 2.15. The van der Waals surface area contributed by atoms with Crippen molar-refractivity contribution in [1.29, 1.82) is 0 Å². The van der Waals surface area contributed by atoms with Gasteiger partial charge in [0.15, 0.2) is 0 Å². The summed E-state index contributed by atoms with van der Waals surface area (Å²) in [5.74, 6) is 1.21. The van der Waals surface area contributed by atoms with Gasteiger partial charge in [0.05, 0.1) is 6.10 Å². The largest absolute Gasteiger partial charge is 0.491 e. The van der Waals surface area contributed by atoms with E-state index in [1.165, 1.54) is 0 Å². The molecular formula is C16H24N2O2. The molecule has 20 heavy (non-hydrogen) atoms. The molecule has 0 bridgehead atoms. The van der Waals surface area contributed by atoms with Crippen molar-refractivity contribution in [1.82, 2.24) is 10.6 Å². The lowest BCUT2D eigenvalue weighted by molar-refractivity contribution is -0.125. The molecule has 4 heteroatoms. The first-order valence-electron chi connectivity index (χ1n) is 7.39. The number of piperidine rings is 1. The number of benzene rings is 1. The maximum absolute atomic E-state index is 12.0. The van der Waals surface area contributed by atoms with Crippen LogP contribution in [-0.4, -0.2) is 25.1 Å². The van der Waals surface area contributed by atoms with Gasteiger partial charge in [0.25, 0.3) is 0 Å². The van der Waals surface area contributed by atoms with E-state index in [-0.39, 0.29) is 17.9 Å². The van der Waals surface area contributed by atoms with Gasteiger partial charge in [-0.15, -0.1) is 0 Å². The molecule has 0 radical (unpaired) electrons. The maximum atomic E-state index is 12.0. The standard InChI is InChI=1S/C16H24N2O2/c1-12(2)20-15-5-3-13(4-6-15)11-18-16(19)14-7-9-17-10-8-14/h3-6,12,14,17H,7-11H2,1-2H3,(H,18,19). The van der Waals surface area contributed by atoms with E-state index < -0.39 is 0 Å². The molecule has 0 spiro atoms. The Labute approximate surface area is 120 Å². The molecule has 0 atom stereocenters. The van der Waals surface area contributed by atoms with E-state index in [0.717, 1.165) is 37.2 Å². The van der Waals surface area contributed by atoms with Crippen molar-refractivity contribution in [3.8, 4) is 5.75 Å². The summed E-state index contributed by atoms with van der Waals surface area (Å²) in [6.07, 6.45) is 2.06. The lowest BCUT2D eigenvalue weighted by Crippen LogP contribution is -2.37. The number of hydrogen-bond donors (Lipinski definition) is 2. The molecule has 0 saturated carbocycles. The molecule has 1 aliphatic rings. The van der Waals surface area contributed by atoms with E-state index in [1.54, 1.807) is 0 Å². The summed E-state index contributed by atoms with van der Waals surface area (Å²) in [6, 6.07) is 7.90. The van der Waals surface area contributed by atoms with Gasteiger partial charge in [0.2, 0.25) is 5.91 Å². The van der Waals surface area contributed by atoms with Crippen LogP contribution in [0, 0.1) is 5.92 Å². The minimum Gasteiger partial charge on any atom is -0.491 e. The fourth-order valence-corrected chi connectivity index (χ4v) is 2.38. The zero-order valence-corrected chi connectivity index (χ0v) is 12.3. The van der Waals surface area contributed by atoms with Gasteiger partial charge in [-0.3, -0.25) is 4.79 Å². The predicted octanol–water partition coefficient (Wildman–Crippen LogP) is 2.09. The number of carbonyl (C=O) groups is 1. The molecule has 1 saturated heterocycles. The molecule has 2 N–H and O–H groups in total. The van der Waals surface area contributed by atoms with Crippen LogP contribution in [0.2, 0.25) is 0 Å². The Balaban J connectivity index is 1.79.